The number of aryl methyl sites for hydroxylation is 1. The molecule has 3 rings (SSSR count). The Morgan fingerprint density at radius 3 is 1.58 bits per heavy atom. The molecule has 0 saturated heterocycles. The van der Waals surface area contributed by atoms with Crippen LogP contribution < -0.4 is 20.1 Å². The molecule has 2 N–H and O–H groups in total. The molecule has 168 valence electrons. The summed E-state index contributed by atoms with van der Waals surface area (Å²) in [6.45, 7) is 1.91. The summed E-state index contributed by atoms with van der Waals surface area (Å²) in [5, 5.41) is 5.65. The number of rotatable bonds is 8. The molecule has 0 fully saturated rings. The van der Waals surface area contributed by atoms with E-state index in [9.17, 15) is 9.59 Å². The largest absolute Gasteiger partial charge is 0.497 e. The van der Waals surface area contributed by atoms with Gasteiger partial charge in [-0.3, -0.25) is 9.59 Å². The highest BCUT2D eigenvalue weighted by Crippen LogP contribution is 2.23. The van der Waals surface area contributed by atoms with Crippen molar-refractivity contribution in [3.63, 3.8) is 0 Å². The van der Waals surface area contributed by atoms with Crippen molar-refractivity contribution in [3.8, 4) is 11.5 Å². The Labute approximate surface area is 193 Å². The van der Waals surface area contributed by atoms with Crippen molar-refractivity contribution < 1.29 is 19.1 Å². The van der Waals surface area contributed by atoms with E-state index >= 15 is 0 Å². The molecule has 0 spiro atoms. The van der Waals surface area contributed by atoms with Gasteiger partial charge in [-0.15, -0.1) is 0 Å². The SMILES string of the molecule is COc1ccc(C=CC(=O)Nc2ccc(C)cc2NC(=O)C=Cc2ccc(OC)cc2)cc1. The molecule has 0 aliphatic rings. The van der Waals surface area contributed by atoms with Gasteiger partial charge in [-0.2, -0.15) is 0 Å². The van der Waals surface area contributed by atoms with Gasteiger partial charge in [0.05, 0.1) is 25.6 Å². The lowest BCUT2D eigenvalue weighted by atomic mass is 10.1. The molecule has 0 aliphatic heterocycles. The number of carbonyl (C=O) groups is 2. The number of methoxy groups -OCH3 is 2. The Balaban J connectivity index is 1.66. The van der Waals surface area contributed by atoms with E-state index in [1.54, 1.807) is 32.4 Å². The Bertz CT molecular complexity index is 1160. The van der Waals surface area contributed by atoms with Gasteiger partial charge in [0.2, 0.25) is 11.8 Å². The molecular weight excluding hydrogens is 416 g/mol. The van der Waals surface area contributed by atoms with Crippen molar-refractivity contribution in [1.29, 1.82) is 0 Å². The molecule has 6 nitrogen and oxygen atoms in total. The van der Waals surface area contributed by atoms with Crippen LogP contribution >= 0.6 is 0 Å². The molecule has 3 aromatic rings. The smallest absolute Gasteiger partial charge is 0.248 e. The molecule has 0 saturated carbocycles. The van der Waals surface area contributed by atoms with Crippen LogP contribution in [0.1, 0.15) is 16.7 Å². The molecule has 6 heteroatoms. The first-order chi connectivity index (χ1) is 16.0. The average Bonchev–Trinajstić information content (AvgIpc) is 2.83. The van der Waals surface area contributed by atoms with Crippen molar-refractivity contribution in [3.05, 3.63) is 95.6 Å². The summed E-state index contributed by atoms with van der Waals surface area (Å²) < 4.78 is 10.3. The third-order valence-electron chi connectivity index (χ3n) is 4.78. The zero-order valence-electron chi connectivity index (χ0n) is 18.8. The molecule has 0 unspecified atom stereocenters. The zero-order chi connectivity index (χ0) is 23.6. The van der Waals surface area contributed by atoms with Gasteiger partial charge in [-0.05, 0) is 72.2 Å². The molecular formula is C27H26N2O4. The van der Waals surface area contributed by atoms with Gasteiger partial charge < -0.3 is 20.1 Å². The zero-order valence-corrected chi connectivity index (χ0v) is 18.8. The maximum Gasteiger partial charge on any atom is 0.248 e. The number of ether oxygens (including phenoxy) is 2. The first-order valence-electron chi connectivity index (χ1n) is 10.3. The maximum atomic E-state index is 12.5. The van der Waals surface area contributed by atoms with E-state index in [4.69, 9.17) is 9.47 Å². The average molecular weight is 443 g/mol. The topological polar surface area (TPSA) is 76.7 Å². The van der Waals surface area contributed by atoms with Gasteiger partial charge >= 0.3 is 0 Å². The van der Waals surface area contributed by atoms with Crippen LogP contribution in [0.3, 0.4) is 0 Å². The Morgan fingerprint density at radius 1 is 0.667 bits per heavy atom. The number of carbonyl (C=O) groups excluding carboxylic acids is 2. The molecule has 0 heterocycles. The van der Waals surface area contributed by atoms with Crippen LogP contribution in [0.15, 0.2) is 78.9 Å². The highest BCUT2D eigenvalue weighted by Gasteiger charge is 2.08. The van der Waals surface area contributed by atoms with Gasteiger partial charge in [0, 0.05) is 12.2 Å². The predicted octanol–water partition coefficient (Wildman–Crippen LogP) is 5.32. The van der Waals surface area contributed by atoms with E-state index in [2.05, 4.69) is 10.6 Å². The summed E-state index contributed by atoms with van der Waals surface area (Å²) in [5.74, 6) is 0.884. The number of nitrogens with one attached hydrogen (secondary N) is 2. The summed E-state index contributed by atoms with van der Waals surface area (Å²) >= 11 is 0. The van der Waals surface area contributed by atoms with Crippen LogP contribution in [0, 0.1) is 6.92 Å². The van der Waals surface area contributed by atoms with Crippen molar-refractivity contribution in [1.82, 2.24) is 0 Å². The summed E-state index contributed by atoms with van der Waals surface area (Å²) in [5.41, 5.74) is 3.72. The minimum absolute atomic E-state index is 0.305. The number of anilines is 2. The second kappa shape index (κ2) is 11.3. The quantitative estimate of drug-likeness (QED) is 0.463. The highest BCUT2D eigenvalue weighted by molar-refractivity contribution is 6.08. The molecule has 2 amide bonds. The van der Waals surface area contributed by atoms with Gasteiger partial charge in [0.15, 0.2) is 0 Å². The van der Waals surface area contributed by atoms with E-state index in [0.29, 0.717) is 11.4 Å². The lowest BCUT2D eigenvalue weighted by Gasteiger charge is -2.11. The Hall–Kier alpha value is -4.32. The van der Waals surface area contributed by atoms with Crippen LogP contribution in [-0.2, 0) is 9.59 Å². The van der Waals surface area contributed by atoms with Crippen molar-refractivity contribution >= 4 is 35.3 Å². The van der Waals surface area contributed by atoms with Crippen molar-refractivity contribution in [2.24, 2.45) is 0 Å². The molecule has 33 heavy (non-hydrogen) atoms. The summed E-state index contributed by atoms with van der Waals surface area (Å²) in [6.07, 6.45) is 6.30. The predicted molar refractivity (Wildman–Crippen MR) is 132 cm³/mol. The normalized spacial score (nSPS) is 10.9. The third kappa shape index (κ3) is 7.11. The first kappa shape index (κ1) is 23.3. The lowest BCUT2D eigenvalue weighted by Crippen LogP contribution is -2.13. The fourth-order valence-corrected chi connectivity index (χ4v) is 2.99. The Morgan fingerprint density at radius 2 is 1.12 bits per heavy atom. The minimum atomic E-state index is -0.307. The summed E-state index contributed by atoms with van der Waals surface area (Å²) in [7, 11) is 3.20. The lowest BCUT2D eigenvalue weighted by molar-refractivity contribution is -0.112. The highest BCUT2D eigenvalue weighted by atomic mass is 16.5. The van der Waals surface area contributed by atoms with Crippen LogP contribution in [0.4, 0.5) is 11.4 Å². The molecule has 0 radical (unpaired) electrons. The molecule has 0 atom stereocenters. The number of hydrogen-bond donors (Lipinski definition) is 2. The van der Waals surface area contributed by atoms with E-state index in [-0.39, 0.29) is 11.8 Å². The van der Waals surface area contributed by atoms with Crippen LogP contribution in [-0.4, -0.2) is 26.0 Å². The van der Waals surface area contributed by atoms with E-state index in [0.717, 1.165) is 28.2 Å². The standard InChI is InChI=1S/C27H26N2O4/c1-19-4-15-24(28-26(30)16-9-20-5-11-22(32-2)12-6-20)25(18-19)29-27(31)17-10-21-7-13-23(33-3)14-8-21/h4-18H,1-3H3,(H,28,30)(H,29,31). The fraction of sp³-hybridized carbons (Fsp3) is 0.111. The second-order valence-electron chi connectivity index (χ2n) is 7.24. The van der Waals surface area contributed by atoms with Crippen molar-refractivity contribution in [2.45, 2.75) is 6.92 Å². The van der Waals surface area contributed by atoms with Gasteiger partial charge in [-0.1, -0.05) is 30.3 Å². The monoisotopic (exact) mass is 442 g/mol. The van der Waals surface area contributed by atoms with Crippen LogP contribution in [0.25, 0.3) is 12.2 Å². The maximum absolute atomic E-state index is 12.5. The van der Waals surface area contributed by atoms with Gasteiger partial charge in [-0.25, -0.2) is 0 Å². The van der Waals surface area contributed by atoms with Gasteiger partial charge in [0.25, 0.3) is 0 Å². The van der Waals surface area contributed by atoms with Crippen molar-refractivity contribution in [2.75, 3.05) is 24.9 Å². The summed E-state index contributed by atoms with van der Waals surface area (Å²) in [4.78, 5) is 24.9. The van der Waals surface area contributed by atoms with Crippen LogP contribution in [0.2, 0.25) is 0 Å². The molecule has 0 aromatic heterocycles. The molecule has 0 bridgehead atoms. The Kier molecular flexibility index (Phi) is 8.02. The number of amides is 2. The first-order valence-corrected chi connectivity index (χ1v) is 10.3. The molecule has 0 aliphatic carbocycles. The fourth-order valence-electron chi connectivity index (χ4n) is 2.99. The third-order valence-corrected chi connectivity index (χ3v) is 4.78. The summed E-state index contributed by atoms with van der Waals surface area (Å²) in [6, 6.07) is 20.2. The minimum Gasteiger partial charge on any atom is -0.497 e. The van der Waals surface area contributed by atoms with E-state index in [1.807, 2.05) is 67.6 Å². The van der Waals surface area contributed by atoms with Crippen LogP contribution in [0.5, 0.6) is 11.5 Å². The number of hydrogen-bond acceptors (Lipinski definition) is 4. The van der Waals surface area contributed by atoms with E-state index in [1.165, 1.54) is 12.2 Å². The second-order valence-corrected chi connectivity index (χ2v) is 7.24. The van der Waals surface area contributed by atoms with E-state index < -0.39 is 0 Å². The molecule has 3 aromatic carbocycles. The number of benzene rings is 3. The van der Waals surface area contributed by atoms with Gasteiger partial charge in [0.1, 0.15) is 11.5 Å².